The van der Waals surface area contributed by atoms with Crippen molar-refractivity contribution in [1.29, 1.82) is 0 Å². The van der Waals surface area contributed by atoms with Crippen molar-refractivity contribution >= 4 is 23.7 Å². The summed E-state index contributed by atoms with van der Waals surface area (Å²) in [5, 5.41) is 6.17. The molecule has 2 heterocycles. The van der Waals surface area contributed by atoms with E-state index in [0.717, 1.165) is 38.1 Å². The average molecular weight is 333 g/mol. The molecule has 0 aliphatic carbocycles. The summed E-state index contributed by atoms with van der Waals surface area (Å²) in [6, 6.07) is 8.41. The first kappa shape index (κ1) is 16.2. The Morgan fingerprint density at radius 2 is 1.87 bits per heavy atom. The van der Waals surface area contributed by atoms with Crippen LogP contribution in [-0.2, 0) is 4.79 Å². The summed E-state index contributed by atoms with van der Waals surface area (Å²) < 4.78 is 0. The number of nitrogens with zero attached hydrogens (tertiary/aromatic N) is 1. The average Bonchev–Trinajstić information content (AvgIpc) is 2.55. The number of rotatable bonds is 2. The van der Waals surface area contributed by atoms with Gasteiger partial charge in [-0.1, -0.05) is 18.2 Å². The number of likely N-dealkylation sites (tertiary alicyclic amines) is 1. The molecular formula is C17H23N3O2S. The van der Waals surface area contributed by atoms with Gasteiger partial charge in [0, 0.05) is 36.7 Å². The molecular weight excluding hydrogens is 310 g/mol. The van der Waals surface area contributed by atoms with Crippen LogP contribution in [0.15, 0.2) is 29.2 Å². The molecule has 0 saturated carbocycles. The van der Waals surface area contributed by atoms with Crippen LogP contribution in [0.2, 0.25) is 0 Å². The number of hydrogen-bond donors (Lipinski definition) is 2. The first-order valence-electron chi connectivity index (χ1n) is 8.18. The topological polar surface area (TPSA) is 61.4 Å². The summed E-state index contributed by atoms with van der Waals surface area (Å²) in [7, 11) is 0. The first-order chi connectivity index (χ1) is 11.1. The van der Waals surface area contributed by atoms with E-state index in [1.54, 1.807) is 6.92 Å². The van der Waals surface area contributed by atoms with Gasteiger partial charge in [0.15, 0.2) is 0 Å². The summed E-state index contributed by atoms with van der Waals surface area (Å²) >= 11 is 1.85. The van der Waals surface area contributed by atoms with Gasteiger partial charge in [-0.2, -0.15) is 0 Å². The van der Waals surface area contributed by atoms with Crippen molar-refractivity contribution in [2.75, 3.05) is 18.8 Å². The monoisotopic (exact) mass is 333 g/mol. The molecule has 0 spiro atoms. The molecule has 124 valence electrons. The summed E-state index contributed by atoms with van der Waals surface area (Å²) in [5.74, 6) is 1.14. The first-order valence-corrected chi connectivity index (χ1v) is 9.16. The normalized spacial score (nSPS) is 21.4. The number of amides is 3. The van der Waals surface area contributed by atoms with E-state index in [9.17, 15) is 9.59 Å². The highest BCUT2D eigenvalue weighted by Crippen LogP contribution is 2.35. The third-order valence-corrected chi connectivity index (χ3v) is 5.66. The molecule has 1 atom stereocenters. The van der Waals surface area contributed by atoms with Gasteiger partial charge in [-0.05, 0) is 30.9 Å². The Morgan fingerprint density at radius 1 is 1.13 bits per heavy atom. The minimum atomic E-state index is -0.0991. The van der Waals surface area contributed by atoms with Crippen molar-refractivity contribution in [2.24, 2.45) is 0 Å². The zero-order valence-electron chi connectivity index (χ0n) is 13.4. The molecule has 1 unspecified atom stereocenters. The van der Waals surface area contributed by atoms with Gasteiger partial charge in [0.1, 0.15) is 0 Å². The van der Waals surface area contributed by atoms with E-state index < -0.39 is 0 Å². The maximum Gasteiger partial charge on any atom is 0.315 e. The lowest BCUT2D eigenvalue weighted by molar-refractivity contribution is -0.129. The number of benzene rings is 1. The van der Waals surface area contributed by atoms with Crippen LogP contribution < -0.4 is 10.6 Å². The minimum absolute atomic E-state index is 0.0877. The van der Waals surface area contributed by atoms with Crippen molar-refractivity contribution in [1.82, 2.24) is 15.5 Å². The Hall–Kier alpha value is -1.69. The van der Waals surface area contributed by atoms with Gasteiger partial charge in [-0.3, -0.25) is 4.79 Å². The zero-order chi connectivity index (χ0) is 16.2. The Morgan fingerprint density at radius 3 is 2.61 bits per heavy atom. The van der Waals surface area contributed by atoms with E-state index in [-0.39, 0.29) is 24.0 Å². The van der Waals surface area contributed by atoms with Crippen molar-refractivity contribution in [2.45, 2.75) is 43.2 Å². The molecule has 2 aliphatic heterocycles. The number of hydrogen-bond acceptors (Lipinski definition) is 3. The highest BCUT2D eigenvalue weighted by Gasteiger charge is 2.25. The second-order valence-electron chi connectivity index (χ2n) is 6.13. The van der Waals surface area contributed by atoms with Crippen LogP contribution in [0.1, 0.15) is 37.8 Å². The summed E-state index contributed by atoms with van der Waals surface area (Å²) in [6.07, 6.45) is 2.60. The van der Waals surface area contributed by atoms with Gasteiger partial charge in [-0.15, -0.1) is 11.8 Å². The molecule has 1 saturated heterocycles. The highest BCUT2D eigenvalue weighted by atomic mass is 32.2. The molecule has 3 rings (SSSR count). The molecule has 2 N–H and O–H groups in total. The third-order valence-electron chi connectivity index (χ3n) is 4.54. The predicted octanol–water partition coefficient (Wildman–Crippen LogP) is 2.53. The third kappa shape index (κ3) is 3.99. The molecule has 0 bridgehead atoms. The molecule has 3 amide bonds. The van der Waals surface area contributed by atoms with E-state index in [1.807, 2.05) is 28.8 Å². The second kappa shape index (κ2) is 7.25. The molecule has 23 heavy (non-hydrogen) atoms. The molecule has 1 aromatic rings. The Kier molecular flexibility index (Phi) is 5.10. The summed E-state index contributed by atoms with van der Waals surface area (Å²) in [5.41, 5.74) is 1.21. The number of urea groups is 1. The fourth-order valence-electron chi connectivity index (χ4n) is 3.22. The number of nitrogens with one attached hydrogen (secondary N) is 2. The van der Waals surface area contributed by atoms with E-state index in [4.69, 9.17) is 0 Å². The van der Waals surface area contributed by atoms with E-state index >= 15 is 0 Å². The molecule has 6 heteroatoms. The lowest BCUT2D eigenvalue weighted by atomic mass is 10.0. The standard InChI is InChI=1S/C17H23N3O2S/c1-12(21)20-9-6-13(7-10-20)18-17(22)19-15-8-11-23-16-5-3-2-4-14(15)16/h2-5,13,15H,6-11H2,1H3,(H2,18,19,22). The van der Waals surface area contributed by atoms with Gasteiger partial charge in [0.2, 0.25) is 5.91 Å². The van der Waals surface area contributed by atoms with Gasteiger partial charge < -0.3 is 15.5 Å². The maximum absolute atomic E-state index is 12.3. The van der Waals surface area contributed by atoms with Crippen LogP contribution in [0.3, 0.4) is 0 Å². The molecule has 1 fully saturated rings. The Balaban J connectivity index is 1.52. The SMILES string of the molecule is CC(=O)N1CCC(NC(=O)NC2CCSc3ccccc32)CC1. The van der Waals surface area contributed by atoms with Crippen LogP contribution in [-0.4, -0.2) is 41.7 Å². The van der Waals surface area contributed by atoms with Crippen molar-refractivity contribution in [3.63, 3.8) is 0 Å². The zero-order valence-corrected chi connectivity index (χ0v) is 14.2. The fourth-order valence-corrected chi connectivity index (χ4v) is 4.34. The van der Waals surface area contributed by atoms with Crippen LogP contribution in [0.5, 0.6) is 0 Å². The maximum atomic E-state index is 12.3. The number of thioether (sulfide) groups is 1. The smallest absolute Gasteiger partial charge is 0.315 e. The van der Waals surface area contributed by atoms with Crippen molar-refractivity contribution in [3.8, 4) is 0 Å². The molecule has 2 aliphatic rings. The Labute approximate surface area is 141 Å². The molecule has 0 radical (unpaired) electrons. The summed E-state index contributed by atoms with van der Waals surface area (Å²) in [6.45, 7) is 3.05. The van der Waals surface area contributed by atoms with Crippen molar-refractivity contribution in [3.05, 3.63) is 29.8 Å². The van der Waals surface area contributed by atoms with Crippen molar-refractivity contribution < 1.29 is 9.59 Å². The van der Waals surface area contributed by atoms with E-state index in [0.29, 0.717) is 0 Å². The lowest BCUT2D eigenvalue weighted by Crippen LogP contribution is -2.49. The van der Waals surface area contributed by atoms with Gasteiger partial charge in [0.05, 0.1) is 6.04 Å². The number of carbonyl (C=O) groups excluding carboxylic acids is 2. The number of carbonyl (C=O) groups is 2. The van der Waals surface area contributed by atoms with Gasteiger partial charge in [-0.25, -0.2) is 4.79 Å². The fraction of sp³-hybridized carbons (Fsp3) is 0.529. The second-order valence-corrected chi connectivity index (χ2v) is 7.26. The van der Waals surface area contributed by atoms with Gasteiger partial charge in [0.25, 0.3) is 0 Å². The molecule has 1 aromatic carbocycles. The number of piperidine rings is 1. The quantitative estimate of drug-likeness (QED) is 0.874. The molecule has 0 aromatic heterocycles. The van der Waals surface area contributed by atoms with E-state index in [2.05, 4.69) is 22.8 Å². The number of fused-ring (bicyclic) bond motifs is 1. The minimum Gasteiger partial charge on any atom is -0.343 e. The molecule has 5 nitrogen and oxygen atoms in total. The lowest BCUT2D eigenvalue weighted by Gasteiger charge is -2.32. The Bertz CT molecular complexity index is 585. The highest BCUT2D eigenvalue weighted by molar-refractivity contribution is 7.99. The van der Waals surface area contributed by atoms with Crippen LogP contribution >= 0.6 is 11.8 Å². The summed E-state index contributed by atoms with van der Waals surface area (Å²) in [4.78, 5) is 26.7. The largest absolute Gasteiger partial charge is 0.343 e. The van der Waals surface area contributed by atoms with Crippen LogP contribution in [0.4, 0.5) is 4.79 Å². The van der Waals surface area contributed by atoms with E-state index in [1.165, 1.54) is 10.5 Å². The van der Waals surface area contributed by atoms with Crippen LogP contribution in [0, 0.1) is 0 Å². The predicted molar refractivity (Wildman–Crippen MR) is 91.5 cm³/mol. The van der Waals surface area contributed by atoms with Crippen LogP contribution in [0.25, 0.3) is 0 Å². The van der Waals surface area contributed by atoms with Gasteiger partial charge >= 0.3 is 6.03 Å².